The number of nitrogens with one attached hydrogen (secondary N) is 1. The molecule has 0 heterocycles. The summed E-state index contributed by atoms with van der Waals surface area (Å²) < 4.78 is 10.4. The lowest BCUT2D eigenvalue weighted by Crippen LogP contribution is -2.53. The third kappa shape index (κ3) is 3.09. The molecule has 0 saturated heterocycles. The number of likely N-dealkylation sites (N-methyl/N-ethyl adjacent to an activating group) is 1. The molecule has 18 heavy (non-hydrogen) atoms. The van der Waals surface area contributed by atoms with E-state index in [0.29, 0.717) is 13.2 Å². The van der Waals surface area contributed by atoms with E-state index >= 15 is 0 Å². The van der Waals surface area contributed by atoms with E-state index < -0.39 is 5.54 Å². The van der Waals surface area contributed by atoms with Gasteiger partial charge in [-0.15, -0.1) is 0 Å². The molecule has 0 fully saturated rings. The predicted molar refractivity (Wildman–Crippen MR) is 70.3 cm³/mol. The zero-order valence-electron chi connectivity index (χ0n) is 11.2. The molecule has 0 bridgehead atoms. The average molecular weight is 251 g/mol. The largest absolute Gasteiger partial charge is 0.464 e. The number of rotatable bonds is 7. The first-order valence-corrected chi connectivity index (χ1v) is 6.18. The van der Waals surface area contributed by atoms with Gasteiger partial charge in [-0.25, -0.2) is 4.79 Å². The van der Waals surface area contributed by atoms with Crippen molar-refractivity contribution in [2.45, 2.75) is 19.4 Å². The molecule has 0 amide bonds. The van der Waals surface area contributed by atoms with E-state index in [2.05, 4.69) is 5.32 Å². The number of carbonyl (C=O) groups excluding carboxylic acids is 1. The Morgan fingerprint density at radius 2 is 1.94 bits per heavy atom. The van der Waals surface area contributed by atoms with Gasteiger partial charge in [-0.2, -0.15) is 0 Å². The number of ether oxygens (including phenoxy) is 2. The summed E-state index contributed by atoms with van der Waals surface area (Å²) in [7, 11) is 1.58. The summed E-state index contributed by atoms with van der Waals surface area (Å²) in [6.45, 7) is 4.99. The fraction of sp³-hybridized carbons (Fsp3) is 0.500. The van der Waals surface area contributed by atoms with Crippen molar-refractivity contribution in [2.24, 2.45) is 0 Å². The second-order valence-corrected chi connectivity index (χ2v) is 3.96. The summed E-state index contributed by atoms with van der Waals surface area (Å²) in [5.41, 5.74) is -0.0759. The maximum atomic E-state index is 12.3. The molecule has 100 valence electrons. The highest BCUT2D eigenvalue weighted by Gasteiger charge is 2.41. The molecular formula is C14H21NO3. The smallest absolute Gasteiger partial charge is 0.333 e. The molecule has 1 aromatic carbocycles. The minimum atomic E-state index is -0.930. The standard InChI is InChI=1S/C14H21NO3/c1-4-15-14(11-17-3,13(16)18-5-2)12-9-7-6-8-10-12/h6-10,15H,4-5,11H2,1-3H3. The fourth-order valence-corrected chi connectivity index (χ4v) is 1.98. The average Bonchev–Trinajstić information content (AvgIpc) is 2.39. The van der Waals surface area contributed by atoms with Gasteiger partial charge in [-0.1, -0.05) is 37.3 Å². The Hall–Kier alpha value is -1.39. The highest BCUT2D eigenvalue weighted by atomic mass is 16.5. The Morgan fingerprint density at radius 1 is 1.28 bits per heavy atom. The Labute approximate surface area is 108 Å². The summed E-state index contributed by atoms with van der Waals surface area (Å²) in [4.78, 5) is 12.3. The van der Waals surface area contributed by atoms with Crippen LogP contribution in [0.1, 0.15) is 19.4 Å². The van der Waals surface area contributed by atoms with Gasteiger partial charge in [0.25, 0.3) is 0 Å². The molecule has 1 N–H and O–H groups in total. The van der Waals surface area contributed by atoms with Crippen LogP contribution in [0.25, 0.3) is 0 Å². The number of esters is 1. The first-order chi connectivity index (χ1) is 8.71. The van der Waals surface area contributed by atoms with E-state index in [-0.39, 0.29) is 12.6 Å². The Bertz CT molecular complexity index is 359. The molecule has 1 rings (SSSR count). The SMILES string of the molecule is CCNC(COC)(C(=O)OCC)c1ccccc1. The van der Waals surface area contributed by atoms with Gasteiger partial charge in [-0.05, 0) is 19.0 Å². The number of hydrogen-bond acceptors (Lipinski definition) is 4. The summed E-state index contributed by atoms with van der Waals surface area (Å²) in [5.74, 6) is -0.306. The molecule has 1 atom stereocenters. The topological polar surface area (TPSA) is 47.6 Å². The molecule has 0 saturated carbocycles. The van der Waals surface area contributed by atoms with Crippen LogP contribution >= 0.6 is 0 Å². The molecule has 0 aliphatic carbocycles. The van der Waals surface area contributed by atoms with Crippen molar-refractivity contribution in [3.63, 3.8) is 0 Å². The van der Waals surface area contributed by atoms with Crippen LogP contribution in [0.2, 0.25) is 0 Å². The van der Waals surface area contributed by atoms with Gasteiger partial charge in [0.15, 0.2) is 5.54 Å². The lowest BCUT2D eigenvalue weighted by molar-refractivity contribution is -0.154. The Morgan fingerprint density at radius 3 is 2.44 bits per heavy atom. The minimum absolute atomic E-state index is 0.240. The normalized spacial score (nSPS) is 13.9. The molecule has 0 aliphatic rings. The van der Waals surface area contributed by atoms with Crippen molar-refractivity contribution < 1.29 is 14.3 Å². The molecule has 0 aromatic heterocycles. The van der Waals surface area contributed by atoms with Crippen LogP contribution in [0, 0.1) is 0 Å². The predicted octanol–water partition coefficient (Wildman–Crippen LogP) is 1.70. The molecule has 4 heteroatoms. The monoisotopic (exact) mass is 251 g/mol. The Kier molecular flexibility index (Phi) is 5.82. The van der Waals surface area contributed by atoms with Gasteiger partial charge in [0.2, 0.25) is 0 Å². The van der Waals surface area contributed by atoms with E-state index in [1.807, 2.05) is 37.3 Å². The molecule has 0 radical (unpaired) electrons. The van der Waals surface area contributed by atoms with E-state index in [1.54, 1.807) is 14.0 Å². The molecule has 0 spiro atoms. The molecule has 1 aromatic rings. The number of hydrogen-bond donors (Lipinski definition) is 1. The zero-order chi connectivity index (χ0) is 13.4. The zero-order valence-corrected chi connectivity index (χ0v) is 11.2. The third-order valence-electron chi connectivity index (χ3n) is 2.73. The number of benzene rings is 1. The highest BCUT2D eigenvalue weighted by molar-refractivity contribution is 5.83. The molecule has 1 unspecified atom stereocenters. The summed E-state index contributed by atoms with van der Waals surface area (Å²) in [6.07, 6.45) is 0. The van der Waals surface area contributed by atoms with E-state index in [4.69, 9.17) is 9.47 Å². The Balaban J connectivity index is 3.16. The second kappa shape index (κ2) is 7.13. The van der Waals surface area contributed by atoms with Gasteiger partial charge in [0.1, 0.15) is 0 Å². The maximum absolute atomic E-state index is 12.3. The van der Waals surface area contributed by atoms with Crippen molar-refractivity contribution in [3.05, 3.63) is 35.9 Å². The van der Waals surface area contributed by atoms with E-state index in [0.717, 1.165) is 5.56 Å². The van der Waals surface area contributed by atoms with Crippen molar-refractivity contribution in [2.75, 3.05) is 26.9 Å². The van der Waals surface area contributed by atoms with Crippen LogP contribution in [0.5, 0.6) is 0 Å². The minimum Gasteiger partial charge on any atom is -0.464 e. The lowest BCUT2D eigenvalue weighted by atomic mass is 9.90. The lowest BCUT2D eigenvalue weighted by Gasteiger charge is -2.32. The quantitative estimate of drug-likeness (QED) is 0.749. The molecular weight excluding hydrogens is 230 g/mol. The van der Waals surface area contributed by atoms with Crippen LogP contribution in [0.15, 0.2) is 30.3 Å². The summed E-state index contributed by atoms with van der Waals surface area (Å²) in [6, 6.07) is 9.52. The third-order valence-corrected chi connectivity index (χ3v) is 2.73. The highest BCUT2D eigenvalue weighted by Crippen LogP contribution is 2.23. The number of carbonyl (C=O) groups is 1. The second-order valence-electron chi connectivity index (χ2n) is 3.96. The van der Waals surface area contributed by atoms with E-state index in [9.17, 15) is 4.79 Å². The summed E-state index contributed by atoms with van der Waals surface area (Å²) in [5, 5.41) is 3.20. The van der Waals surface area contributed by atoms with Crippen molar-refractivity contribution >= 4 is 5.97 Å². The van der Waals surface area contributed by atoms with Crippen molar-refractivity contribution in [3.8, 4) is 0 Å². The van der Waals surface area contributed by atoms with Crippen LogP contribution in [0.4, 0.5) is 0 Å². The fourth-order valence-electron chi connectivity index (χ4n) is 1.98. The van der Waals surface area contributed by atoms with Crippen LogP contribution < -0.4 is 5.32 Å². The first kappa shape index (κ1) is 14.7. The molecule has 0 aliphatic heterocycles. The first-order valence-electron chi connectivity index (χ1n) is 6.18. The van der Waals surface area contributed by atoms with Crippen LogP contribution in [-0.4, -0.2) is 32.8 Å². The van der Waals surface area contributed by atoms with Crippen molar-refractivity contribution in [1.82, 2.24) is 5.32 Å². The van der Waals surface area contributed by atoms with Gasteiger partial charge in [0.05, 0.1) is 13.2 Å². The summed E-state index contributed by atoms with van der Waals surface area (Å²) >= 11 is 0. The molecule has 4 nitrogen and oxygen atoms in total. The van der Waals surface area contributed by atoms with E-state index in [1.165, 1.54) is 0 Å². The van der Waals surface area contributed by atoms with Crippen LogP contribution in [0.3, 0.4) is 0 Å². The number of methoxy groups -OCH3 is 1. The van der Waals surface area contributed by atoms with Crippen LogP contribution in [-0.2, 0) is 19.8 Å². The maximum Gasteiger partial charge on any atom is 0.333 e. The van der Waals surface area contributed by atoms with Gasteiger partial charge >= 0.3 is 5.97 Å². The van der Waals surface area contributed by atoms with Gasteiger partial charge < -0.3 is 9.47 Å². The van der Waals surface area contributed by atoms with Crippen molar-refractivity contribution in [1.29, 1.82) is 0 Å². The van der Waals surface area contributed by atoms with Gasteiger partial charge in [-0.3, -0.25) is 5.32 Å². The van der Waals surface area contributed by atoms with Gasteiger partial charge in [0, 0.05) is 7.11 Å².